The highest BCUT2D eigenvalue weighted by atomic mass is 32.2. The van der Waals surface area contributed by atoms with Crippen molar-refractivity contribution < 1.29 is 26.4 Å². The average molecular weight is 459 g/mol. The molecule has 0 unspecified atom stereocenters. The van der Waals surface area contributed by atoms with Crippen LogP contribution in [-0.4, -0.2) is 62.3 Å². The number of benzene rings is 1. The molecule has 0 radical (unpaired) electrons. The monoisotopic (exact) mass is 458 g/mol. The van der Waals surface area contributed by atoms with Crippen LogP contribution in [0.25, 0.3) is 0 Å². The van der Waals surface area contributed by atoms with Crippen molar-refractivity contribution >= 4 is 32.0 Å². The maximum absolute atomic E-state index is 12.8. The molecule has 0 bridgehead atoms. The van der Waals surface area contributed by atoms with Crippen molar-refractivity contribution in [3.8, 4) is 6.01 Å². The maximum Gasteiger partial charge on any atom is 0.335 e. The Morgan fingerprint density at radius 3 is 2.20 bits per heavy atom. The van der Waals surface area contributed by atoms with Crippen molar-refractivity contribution in [3.63, 3.8) is 0 Å². The second-order valence-electron chi connectivity index (χ2n) is 5.79. The van der Waals surface area contributed by atoms with E-state index >= 15 is 0 Å². The summed E-state index contributed by atoms with van der Waals surface area (Å²) in [4.78, 5) is 22.7. The molecular formula is C16H22N6O6S2. The molecule has 2 rings (SSSR count). The number of carbonyl (C=O) groups is 1. The van der Waals surface area contributed by atoms with E-state index in [2.05, 4.69) is 20.3 Å². The lowest BCUT2D eigenvalue weighted by Gasteiger charge is -2.20. The quantitative estimate of drug-likeness (QED) is 0.581. The van der Waals surface area contributed by atoms with E-state index in [1.165, 1.54) is 32.2 Å². The lowest BCUT2D eigenvalue weighted by atomic mass is 10.4. The lowest BCUT2D eigenvalue weighted by molar-refractivity contribution is 0.256. The summed E-state index contributed by atoms with van der Waals surface area (Å²) in [6, 6.07) is 3.76. The largest absolute Gasteiger partial charge is 0.467 e. The van der Waals surface area contributed by atoms with Gasteiger partial charge in [-0.2, -0.15) is 19.3 Å². The molecule has 12 nitrogen and oxygen atoms in total. The van der Waals surface area contributed by atoms with Crippen LogP contribution < -0.4 is 14.8 Å². The van der Waals surface area contributed by atoms with Gasteiger partial charge in [0.2, 0.25) is 16.0 Å². The number of anilines is 1. The third-order valence-electron chi connectivity index (χ3n) is 3.82. The SMILES string of the molecule is CCN(CC)S(=O)(=O)c1ccccc1S(=O)(=O)NC(=O)Nc1nc(C)nc(OC)n1. The Kier molecular flexibility index (Phi) is 7.28. The first kappa shape index (κ1) is 23.4. The molecule has 2 aromatic rings. The zero-order chi connectivity index (χ0) is 22.5. The van der Waals surface area contributed by atoms with Crippen molar-refractivity contribution in [2.24, 2.45) is 0 Å². The molecule has 0 fully saturated rings. The van der Waals surface area contributed by atoms with Crippen LogP contribution in [0.1, 0.15) is 19.7 Å². The van der Waals surface area contributed by atoms with E-state index in [4.69, 9.17) is 4.74 Å². The molecule has 164 valence electrons. The molecule has 0 aliphatic rings. The highest BCUT2D eigenvalue weighted by molar-refractivity contribution is 7.92. The topological polar surface area (TPSA) is 161 Å². The van der Waals surface area contributed by atoms with Gasteiger partial charge in [0.05, 0.1) is 7.11 Å². The van der Waals surface area contributed by atoms with Crippen LogP contribution in [0.5, 0.6) is 6.01 Å². The van der Waals surface area contributed by atoms with Crippen LogP contribution in [0.3, 0.4) is 0 Å². The minimum Gasteiger partial charge on any atom is -0.467 e. The third-order valence-corrected chi connectivity index (χ3v) is 7.45. The van der Waals surface area contributed by atoms with Crippen molar-refractivity contribution in [1.82, 2.24) is 24.0 Å². The fraction of sp³-hybridized carbons (Fsp3) is 0.375. The second kappa shape index (κ2) is 9.32. The molecule has 0 spiro atoms. The maximum atomic E-state index is 12.8. The highest BCUT2D eigenvalue weighted by Crippen LogP contribution is 2.24. The molecule has 1 heterocycles. The summed E-state index contributed by atoms with van der Waals surface area (Å²) >= 11 is 0. The number of hydrogen-bond acceptors (Lipinski definition) is 9. The van der Waals surface area contributed by atoms with Crippen LogP contribution in [0.4, 0.5) is 10.7 Å². The van der Waals surface area contributed by atoms with Gasteiger partial charge in [-0.25, -0.2) is 26.4 Å². The highest BCUT2D eigenvalue weighted by Gasteiger charge is 2.30. The minimum atomic E-state index is -4.54. The molecule has 2 N–H and O–H groups in total. The van der Waals surface area contributed by atoms with Gasteiger partial charge >= 0.3 is 12.0 Å². The molecule has 0 aliphatic heterocycles. The fourth-order valence-corrected chi connectivity index (χ4v) is 5.67. The Labute approximate surface area is 174 Å². The van der Waals surface area contributed by atoms with E-state index in [0.717, 1.165) is 10.4 Å². The fourth-order valence-electron chi connectivity index (χ4n) is 2.50. The van der Waals surface area contributed by atoms with Gasteiger partial charge in [0.15, 0.2) is 0 Å². The Bertz CT molecular complexity index is 1130. The smallest absolute Gasteiger partial charge is 0.335 e. The Hall–Kier alpha value is -2.84. The molecule has 1 aromatic carbocycles. The summed E-state index contributed by atoms with van der Waals surface area (Å²) in [5.74, 6) is -0.00762. The zero-order valence-corrected chi connectivity index (χ0v) is 18.4. The number of sulfonamides is 2. The molecular weight excluding hydrogens is 436 g/mol. The van der Waals surface area contributed by atoms with Crippen molar-refractivity contribution in [1.29, 1.82) is 0 Å². The summed E-state index contributed by atoms with van der Waals surface area (Å²) in [7, 11) is -7.31. The number of hydrogen-bond donors (Lipinski definition) is 2. The summed E-state index contributed by atoms with van der Waals surface area (Å²) in [6.45, 7) is 5.10. The van der Waals surface area contributed by atoms with Gasteiger partial charge in [0.1, 0.15) is 15.6 Å². The van der Waals surface area contributed by atoms with Crippen molar-refractivity contribution in [2.75, 3.05) is 25.5 Å². The number of methoxy groups -OCH3 is 1. The number of carbonyl (C=O) groups excluding carboxylic acids is 1. The predicted octanol–water partition coefficient (Wildman–Crippen LogP) is 0.730. The molecule has 0 saturated carbocycles. The molecule has 0 saturated heterocycles. The number of aryl methyl sites for hydroxylation is 1. The summed E-state index contributed by atoms with van der Waals surface area (Å²) in [5.41, 5.74) is 0. The lowest BCUT2D eigenvalue weighted by Crippen LogP contribution is -2.37. The van der Waals surface area contributed by atoms with E-state index in [1.54, 1.807) is 18.6 Å². The van der Waals surface area contributed by atoms with Gasteiger partial charge in [-0.3, -0.25) is 5.32 Å². The number of nitrogens with one attached hydrogen (secondary N) is 2. The first-order valence-electron chi connectivity index (χ1n) is 8.74. The molecule has 30 heavy (non-hydrogen) atoms. The van der Waals surface area contributed by atoms with E-state index in [-0.39, 0.29) is 30.9 Å². The van der Waals surface area contributed by atoms with Crippen LogP contribution in [0, 0.1) is 6.92 Å². The minimum absolute atomic E-state index is 0.0729. The van der Waals surface area contributed by atoms with E-state index < -0.39 is 35.9 Å². The van der Waals surface area contributed by atoms with Crippen molar-refractivity contribution in [3.05, 3.63) is 30.1 Å². The van der Waals surface area contributed by atoms with Crippen LogP contribution in [0.15, 0.2) is 34.1 Å². The number of urea groups is 1. The van der Waals surface area contributed by atoms with Gasteiger partial charge in [0, 0.05) is 13.1 Å². The first-order valence-corrected chi connectivity index (χ1v) is 11.7. The van der Waals surface area contributed by atoms with Crippen LogP contribution in [-0.2, 0) is 20.0 Å². The zero-order valence-electron chi connectivity index (χ0n) is 16.8. The predicted molar refractivity (Wildman–Crippen MR) is 107 cm³/mol. The molecule has 0 atom stereocenters. The first-order chi connectivity index (χ1) is 14.0. The normalized spacial score (nSPS) is 11.9. The summed E-state index contributed by atoms with van der Waals surface area (Å²) < 4.78 is 58.9. The molecule has 2 amide bonds. The third kappa shape index (κ3) is 5.20. The summed E-state index contributed by atoms with van der Waals surface area (Å²) in [5, 5.41) is 2.16. The number of ether oxygens (including phenoxy) is 1. The second-order valence-corrected chi connectivity index (χ2v) is 9.35. The van der Waals surface area contributed by atoms with Gasteiger partial charge in [-0.05, 0) is 19.1 Å². The van der Waals surface area contributed by atoms with Crippen molar-refractivity contribution in [2.45, 2.75) is 30.6 Å². The standard InChI is InChI=1S/C16H22N6O6S2/c1-5-22(6-2)30(26,27)13-10-8-7-9-12(13)29(24,25)21-15(23)19-14-17-11(3)18-16(20-14)28-4/h7-10H,5-6H2,1-4H3,(H2,17,18,19,20,21,23). The van der Waals surface area contributed by atoms with Crippen LogP contribution >= 0.6 is 0 Å². The number of rotatable bonds is 8. The Morgan fingerprint density at radius 2 is 1.63 bits per heavy atom. The number of aromatic nitrogens is 3. The molecule has 14 heteroatoms. The molecule has 1 aromatic heterocycles. The van der Waals surface area contributed by atoms with E-state index in [0.29, 0.717) is 0 Å². The van der Waals surface area contributed by atoms with Gasteiger partial charge < -0.3 is 4.74 Å². The molecule has 0 aliphatic carbocycles. The van der Waals surface area contributed by atoms with Gasteiger partial charge in [0.25, 0.3) is 10.0 Å². The Balaban J connectivity index is 2.35. The van der Waals surface area contributed by atoms with E-state index in [9.17, 15) is 21.6 Å². The van der Waals surface area contributed by atoms with Crippen LogP contribution in [0.2, 0.25) is 0 Å². The number of nitrogens with zero attached hydrogens (tertiary/aromatic N) is 4. The van der Waals surface area contributed by atoms with Gasteiger partial charge in [-0.1, -0.05) is 26.0 Å². The number of amides is 2. The van der Waals surface area contributed by atoms with E-state index in [1.807, 2.05) is 0 Å². The van der Waals surface area contributed by atoms with Gasteiger partial charge in [-0.15, -0.1) is 0 Å². The Morgan fingerprint density at radius 1 is 1.03 bits per heavy atom. The average Bonchev–Trinajstić information content (AvgIpc) is 2.67. The summed E-state index contributed by atoms with van der Waals surface area (Å²) in [6.07, 6.45) is 0.